The number of rotatable bonds is 2. The lowest BCUT2D eigenvalue weighted by molar-refractivity contribution is 0.0990. The third-order valence-electron chi connectivity index (χ3n) is 4.17. The fourth-order valence-electron chi connectivity index (χ4n) is 3.03. The smallest absolute Gasteiger partial charge is 0.225 e. The molecular weight excluding hydrogens is 330 g/mol. The van der Waals surface area contributed by atoms with E-state index in [1.54, 1.807) is 18.3 Å². The molecular formula is C16H16ClN5O2. The summed E-state index contributed by atoms with van der Waals surface area (Å²) in [7, 11) is 0. The Bertz CT molecular complexity index is 897. The molecule has 3 aromatic heterocycles. The molecule has 3 aromatic rings. The summed E-state index contributed by atoms with van der Waals surface area (Å²) < 4.78 is 7.33. The lowest BCUT2D eigenvalue weighted by Crippen LogP contribution is -2.43. The highest BCUT2D eigenvalue weighted by molar-refractivity contribution is 6.30. The van der Waals surface area contributed by atoms with Gasteiger partial charge in [0.1, 0.15) is 17.5 Å². The molecule has 124 valence electrons. The Kier molecular flexibility index (Phi) is 3.74. The molecule has 7 nitrogen and oxygen atoms in total. The van der Waals surface area contributed by atoms with Crippen molar-refractivity contribution < 1.29 is 9.84 Å². The summed E-state index contributed by atoms with van der Waals surface area (Å²) in [5.74, 6) is 0.590. The third-order valence-corrected chi connectivity index (χ3v) is 4.41. The summed E-state index contributed by atoms with van der Waals surface area (Å²) in [6.45, 7) is 4.09. The third kappa shape index (κ3) is 2.46. The normalized spacial score (nSPS) is 18.2. The largest absolute Gasteiger partial charge is 0.493 e. The maximum atomic E-state index is 10.3. The van der Waals surface area contributed by atoms with Crippen molar-refractivity contribution in [2.75, 3.05) is 24.7 Å². The van der Waals surface area contributed by atoms with Crippen LogP contribution in [0.4, 0.5) is 5.69 Å². The second-order valence-electron chi connectivity index (χ2n) is 5.73. The van der Waals surface area contributed by atoms with E-state index in [4.69, 9.17) is 16.3 Å². The van der Waals surface area contributed by atoms with Crippen LogP contribution in [0.3, 0.4) is 0 Å². The van der Waals surface area contributed by atoms with Gasteiger partial charge in [0.2, 0.25) is 5.88 Å². The predicted octanol–water partition coefficient (Wildman–Crippen LogP) is 2.40. The first kappa shape index (κ1) is 15.2. The van der Waals surface area contributed by atoms with Crippen LogP contribution in [-0.4, -0.2) is 50.4 Å². The lowest BCUT2D eigenvalue weighted by Gasteiger charge is -2.34. The minimum atomic E-state index is -0.0468. The fraction of sp³-hybridized carbons (Fsp3) is 0.312. The number of morpholine rings is 1. The van der Waals surface area contributed by atoms with Gasteiger partial charge in [-0.15, -0.1) is 0 Å². The summed E-state index contributed by atoms with van der Waals surface area (Å²) in [6, 6.07) is 3.66. The van der Waals surface area contributed by atoms with E-state index in [1.165, 1.54) is 6.33 Å². The highest BCUT2D eigenvalue weighted by Gasteiger charge is 2.26. The Morgan fingerprint density at radius 2 is 2.21 bits per heavy atom. The van der Waals surface area contributed by atoms with Crippen LogP contribution in [0, 0.1) is 0 Å². The van der Waals surface area contributed by atoms with Gasteiger partial charge >= 0.3 is 0 Å². The van der Waals surface area contributed by atoms with Gasteiger partial charge in [0.15, 0.2) is 5.65 Å². The SMILES string of the molecule is C[C@@H]1COCCN1c1cn(-c2cc(Cl)ccn2)c2ncnc(O)c12. The van der Waals surface area contributed by atoms with Gasteiger partial charge in [-0.1, -0.05) is 11.6 Å². The number of pyridine rings is 1. The lowest BCUT2D eigenvalue weighted by atomic mass is 10.2. The number of ether oxygens (including phenoxy) is 1. The topological polar surface area (TPSA) is 76.3 Å². The van der Waals surface area contributed by atoms with E-state index in [-0.39, 0.29) is 11.9 Å². The van der Waals surface area contributed by atoms with Gasteiger partial charge in [-0.25, -0.2) is 15.0 Å². The molecule has 0 spiro atoms. The molecule has 0 bridgehead atoms. The maximum absolute atomic E-state index is 10.3. The zero-order valence-electron chi connectivity index (χ0n) is 13.1. The van der Waals surface area contributed by atoms with Crippen LogP contribution in [-0.2, 0) is 4.74 Å². The Morgan fingerprint density at radius 3 is 3.00 bits per heavy atom. The number of hydrogen-bond donors (Lipinski definition) is 1. The van der Waals surface area contributed by atoms with E-state index >= 15 is 0 Å². The minimum Gasteiger partial charge on any atom is -0.493 e. The standard InChI is InChI=1S/C16H16ClN5O2/c1-10-8-24-5-4-21(10)12-7-22(13-6-11(17)2-3-18-13)15-14(12)16(23)20-9-19-15/h2-3,6-7,9-10H,4-5,8H2,1H3,(H,19,20,23)/t10-/m1/s1. The first-order valence-electron chi connectivity index (χ1n) is 7.66. The summed E-state index contributed by atoms with van der Waals surface area (Å²) in [5.41, 5.74) is 1.45. The van der Waals surface area contributed by atoms with Crippen molar-refractivity contribution in [2.45, 2.75) is 13.0 Å². The first-order chi connectivity index (χ1) is 11.6. The van der Waals surface area contributed by atoms with Crippen LogP contribution < -0.4 is 4.90 Å². The van der Waals surface area contributed by atoms with Gasteiger partial charge in [-0.2, -0.15) is 0 Å². The zero-order chi connectivity index (χ0) is 16.7. The summed E-state index contributed by atoms with van der Waals surface area (Å²) in [5, 5.41) is 11.5. The Labute approximate surface area is 143 Å². The molecule has 1 aliphatic rings. The van der Waals surface area contributed by atoms with Gasteiger partial charge < -0.3 is 14.7 Å². The number of aromatic hydroxyl groups is 1. The number of halogens is 1. The van der Waals surface area contributed by atoms with Crippen LogP contribution in [0.1, 0.15) is 6.92 Å². The van der Waals surface area contributed by atoms with Gasteiger partial charge in [-0.3, -0.25) is 4.57 Å². The number of hydrogen-bond acceptors (Lipinski definition) is 6. The van der Waals surface area contributed by atoms with Crippen molar-refractivity contribution in [2.24, 2.45) is 0 Å². The zero-order valence-corrected chi connectivity index (χ0v) is 13.8. The summed E-state index contributed by atoms with van der Waals surface area (Å²) >= 11 is 6.09. The molecule has 0 saturated carbocycles. The van der Waals surface area contributed by atoms with Crippen LogP contribution in [0.5, 0.6) is 5.88 Å². The molecule has 0 aliphatic carbocycles. The molecule has 1 fully saturated rings. The van der Waals surface area contributed by atoms with Crippen molar-refractivity contribution in [3.63, 3.8) is 0 Å². The second kappa shape index (κ2) is 5.92. The fourth-order valence-corrected chi connectivity index (χ4v) is 3.18. The number of anilines is 1. The summed E-state index contributed by atoms with van der Waals surface area (Å²) in [6.07, 6.45) is 4.90. The van der Waals surface area contributed by atoms with E-state index < -0.39 is 0 Å². The van der Waals surface area contributed by atoms with Crippen LogP contribution in [0.15, 0.2) is 30.9 Å². The van der Waals surface area contributed by atoms with E-state index in [2.05, 4.69) is 26.8 Å². The second-order valence-corrected chi connectivity index (χ2v) is 6.17. The molecule has 4 rings (SSSR count). The number of fused-ring (bicyclic) bond motifs is 1. The van der Waals surface area contributed by atoms with Crippen molar-refractivity contribution in [3.05, 3.63) is 35.9 Å². The van der Waals surface area contributed by atoms with Crippen LogP contribution in [0.2, 0.25) is 5.02 Å². The Balaban J connectivity index is 1.94. The van der Waals surface area contributed by atoms with E-state index in [1.807, 2.05) is 10.8 Å². The predicted molar refractivity (Wildman–Crippen MR) is 91.0 cm³/mol. The Morgan fingerprint density at radius 1 is 1.33 bits per heavy atom. The van der Waals surface area contributed by atoms with E-state index in [0.717, 1.165) is 12.2 Å². The number of nitrogens with zero attached hydrogens (tertiary/aromatic N) is 5. The van der Waals surface area contributed by atoms with Crippen molar-refractivity contribution >= 4 is 28.3 Å². The molecule has 1 saturated heterocycles. The molecule has 0 unspecified atom stereocenters. The molecule has 1 atom stereocenters. The molecule has 8 heteroatoms. The molecule has 24 heavy (non-hydrogen) atoms. The molecule has 0 amide bonds. The highest BCUT2D eigenvalue weighted by Crippen LogP contribution is 2.36. The van der Waals surface area contributed by atoms with Gasteiger partial charge in [0.25, 0.3) is 0 Å². The average molecular weight is 346 g/mol. The van der Waals surface area contributed by atoms with Crippen molar-refractivity contribution in [1.29, 1.82) is 0 Å². The monoisotopic (exact) mass is 345 g/mol. The molecule has 1 aliphatic heterocycles. The Hall–Kier alpha value is -2.38. The highest BCUT2D eigenvalue weighted by atomic mass is 35.5. The van der Waals surface area contributed by atoms with Gasteiger partial charge in [0, 0.05) is 36.1 Å². The molecule has 4 heterocycles. The van der Waals surface area contributed by atoms with Gasteiger partial charge in [0.05, 0.1) is 18.9 Å². The van der Waals surface area contributed by atoms with Crippen molar-refractivity contribution in [3.8, 4) is 11.7 Å². The van der Waals surface area contributed by atoms with E-state index in [0.29, 0.717) is 35.1 Å². The summed E-state index contributed by atoms with van der Waals surface area (Å²) in [4.78, 5) is 14.8. The van der Waals surface area contributed by atoms with Crippen LogP contribution >= 0.6 is 11.6 Å². The molecule has 0 radical (unpaired) electrons. The van der Waals surface area contributed by atoms with Crippen molar-refractivity contribution in [1.82, 2.24) is 19.5 Å². The maximum Gasteiger partial charge on any atom is 0.225 e. The van der Waals surface area contributed by atoms with Crippen LogP contribution in [0.25, 0.3) is 16.9 Å². The van der Waals surface area contributed by atoms with E-state index in [9.17, 15) is 5.11 Å². The number of aromatic nitrogens is 4. The molecule has 0 aromatic carbocycles. The van der Waals surface area contributed by atoms with Gasteiger partial charge in [-0.05, 0) is 13.0 Å². The quantitative estimate of drug-likeness (QED) is 0.768. The average Bonchev–Trinajstić information content (AvgIpc) is 2.96. The molecule has 1 N–H and O–H groups in total. The minimum absolute atomic E-state index is 0.0468. The first-order valence-corrected chi connectivity index (χ1v) is 8.04.